The topological polar surface area (TPSA) is 50.4 Å². The zero-order valence-electron chi connectivity index (χ0n) is 12.1. The lowest BCUT2D eigenvalue weighted by atomic mass is 10.0. The van der Waals surface area contributed by atoms with Crippen molar-refractivity contribution in [2.24, 2.45) is 0 Å². The molecule has 6 heteroatoms. The van der Waals surface area contributed by atoms with E-state index in [1.165, 1.54) is 24.3 Å². The van der Waals surface area contributed by atoms with Gasteiger partial charge in [0.2, 0.25) is 0 Å². The number of allylic oxidation sites excluding steroid dienone is 2. The molecular formula is C17H13F3O3. The molecule has 0 atom stereocenters. The summed E-state index contributed by atoms with van der Waals surface area (Å²) in [6, 6.07) is 7.98. The average molecular weight is 322 g/mol. The molecule has 2 aromatic rings. The Balaban J connectivity index is 2.43. The van der Waals surface area contributed by atoms with Gasteiger partial charge in [-0.15, -0.1) is 0 Å². The van der Waals surface area contributed by atoms with Crippen LogP contribution in [0.5, 0.6) is 0 Å². The fourth-order valence-electron chi connectivity index (χ4n) is 1.97. The summed E-state index contributed by atoms with van der Waals surface area (Å²) in [5.41, 5.74) is 0.226. The van der Waals surface area contributed by atoms with Gasteiger partial charge in [-0.05, 0) is 36.8 Å². The van der Waals surface area contributed by atoms with Gasteiger partial charge in [0.1, 0.15) is 11.5 Å². The highest BCUT2D eigenvalue weighted by atomic mass is 19.4. The van der Waals surface area contributed by atoms with Gasteiger partial charge in [-0.2, -0.15) is 13.2 Å². The Hall–Kier alpha value is -2.76. The molecule has 0 fully saturated rings. The predicted octanol–water partition coefficient (Wildman–Crippen LogP) is 4.68. The van der Waals surface area contributed by atoms with Crippen LogP contribution in [0.25, 0.3) is 5.57 Å². The molecule has 1 heterocycles. The number of carboxylic acids is 1. The number of aryl methyl sites for hydroxylation is 1. The van der Waals surface area contributed by atoms with E-state index in [4.69, 9.17) is 9.52 Å². The van der Waals surface area contributed by atoms with Crippen LogP contribution in [0.2, 0.25) is 0 Å². The van der Waals surface area contributed by atoms with Crippen molar-refractivity contribution in [2.45, 2.75) is 13.1 Å². The number of carboxylic acid groups (broad SMARTS) is 1. The van der Waals surface area contributed by atoms with Crippen molar-refractivity contribution in [3.05, 3.63) is 77.3 Å². The fourth-order valence-corrected chi connectivity index (χ4v) is 1.97. The van der Waals surface area contributed by atoms with E-state index in [1.807, 2.05) is 0 Å². The average Bonchev–Trinajstić information content (AvgIpc) is 2.89. The van der Waals surface area contributed by atoms with Crippen molar-refractivity contribution in [3.63, 3.8) is 0 Å². The van der Waals surface area contributed by atoms with E-state index in [0.717, 1.165) is 18.2 Å². The van der Waals surface area contributed by atoms with E-state index in [2.05, 4.69) is 0 Å². The summed E-state index contributed by atoms with van der Waals surface area (Å²) < 4.78 is 43.4. The molecule has 2 rings (SSSR count). The van der Waals surface area contributed by atoms with Crippen LogP contribution < -0.4 is 0 Å². The van der Waals surface area contributed by atoms with Crippen molar-refractivity contribution in [1.82, 2.24) is 0 Å². The number of carbonyl (C=O) groups is 1. The van der Waals surface area contributed by atoms with Gasteiger partial charge in [-0.3, -0.25) is 0 Å². The molecule has 0 aliphatic rings. The predicted molar refractivity (Wildman–Crippen MR) is 78.7 cm³/mol. The minimum absolute atomic E-state index is 0.442. The van der Waals surface area contributed by atoms with Crippen LogP contribution in [0.15, 0.2) is 59.0 Å². The van der Waals surface area contributed by atoms with Crippen LogP contribution in [0.1, 0.15) is 22.6 Å². The molecule has 0 radical (unpaired) electrons. The molecule has 0 spiro atoms. The summed E-state index contributed by atoms with van der Waals surface area (Å²) in [5.74, 6) is -0.0408. The first-order chi connectivity index (χ1) is 10.8. The minimum Gasteiger partial charge on any atom is -0.478 e. The van der Waals surface area contributed by atoms with E-state index in [1.54, 1.807) is 19.1 Å². The number of alkyl halides is 3. The molecule has 0 amide bonds. The first kappa shape index (κ1) is 16.6. The molecule has 1 aromatic carbocycles. The molecule has 0 aliphatic heterocycles. The normalized spacial score (nSPS) is 12.8. The van der Waals surface area contributed by atoms with Gasteiger partial charge in [-0.1, -0.05) is 24.3 Å². The van der Waals surface area contributed by atoms with E-state index in [9.17, 15) is 18.0 Å². The molecule has 3 nitrogen and oxygen atoms in total. The molecule has 120 valence electrons. The molecule has 0 bridgehead atoms. The summed E-state index contributed by atoms with van der Waals surface area (Å²) in [7, 11) is 0. The third-order valence-corrected chi connectivity index (χ3v) is 3.03. The summed E-state index contributed by atoms with van der Waals surface area (Å²) in [6.45, 7) is 1.74. The van der Waals surface area contributed by atoms with E-state index in [-0.39, 0.29) is 0 Å². The smallest absolute Gasteiger partial charge is 0.416 e. The lowest BCUT2D eigenvalue weighted by molar-refractivity contribution is -0.137. The lowest BCUT2D eigenvalue weighted by Crippen LogP contribution is -2.04. The molecular weight excluding hydrogens is 309 g/mol. The van der Waals surface area contributed by atoms with Crippen molar-refractivity contribution < 1.29 is 27.5 Å². The maximum atomic E-state index is 12.6. The zero-order valence-corrected chi connectivity index (χ0v) is 12.1. The monoisotopic (exact) mass is 322 g/mol. The van der Waals surface area contributed by atoms with Crippen molar-refractivity contribution in [2.75, 3.05) is 0 Å². The molecule has 0 unspecified atom stereocenters. The summed E-state index contributed by atoms with van der Waals surface area (Å²) in [4.78, 5) is 10.5. The van der Waals surface area contributed by atoms with Crippen molar-refractivity contribution >= 4 is 11.5 Å². The van der Waals surface area contributed by atoms with Gasteiger partial charge in [0.25, 0.3) is 0 Å². The molecule has 0 saturated heterocycles. The number of rotatable bonds is 4. The highest BCUT2D eigenvalue weighted by Gasteiger charge is 2.30. The second kappa shape index (κ2) is 6.56. The van der Waals surface area contributed by atoms with Crippen LogP contribution >= 0.6 is 0 Å². The third kappa shape index (κ3) is 4.35. The van der Waals surface area contributed by atoms with E-state index < -0.39 is 17.7 Å². The fraction of sp³-hybridized carbons (Fsp3) is 0.118. The Morgan fingerprint density at radius 2 is 1.78 bits per heavy atom. The maximum absolute atomic E-state index is 12.6. The number of halogens is 3. The minimum atomic E-state index is -4.41. The molecule has 1 aromatic heterocycles. The second-order valence-corrected chi connectivity index (χ2v) is 4.76. The lowest BCUT2D eigenvalue weighted by Gasteiger charge is -2.09. The Kier molecular flexibility index (Phi) is 4.74. The number of hydrogen-bond donors (Lipinski definition) is 1. The van der Waals surface area contributed by atoms with Crippen LogP contribution in [-0.2, 0) is 11.0 Å². The Morgan fingerprint density at radius 3 is 2.26 bits per heavy atom. The maximum Gasteiger partial charge on any atom is 0.416 e. The highest BCUT2D eigenvalue weighted by Crippen LogP contribution is 2.31. The van der Waals surface area contributed by atoms with Gasteiger partial charge < -0.3 is 9.52 Å². The van der Waals surface area contributed by atoms with Gasteiger partial charge in [0, 0.05) is 11.6 Å². The Morgan fingerprint density at radius 1 is 1.13 bits per heavy atom. The van der Waals surface area contributed by atoms with Crippen LogP contribution in [-0.4, -0.2) is 11.1 Å². The second-order valence-electron chi connectivity index (χ2n) is 4.76. The van der Waals surface area contributed by atoms with Gasteiger partial charge in [-0.25, -0.2) is 4.79 Å². The van der Waals surface area contributed by atoms with Crippen LogP contribution in [0.3, 0.4) is 0 Å². The molecule has 1 N–H and O–H groups in total. The quantitative estimate of drug-likeness (QED) is 0.657. The number of furan rings is 1. The summed E-state index contributed by atoms with van der Waals surface area (Å²) >= 11 is 0. The molecule has 23 heavy (non-hydrogen) atoms. The van der Waals surface area contributed by atoms with Crippen molar-refractivity contribution in [1.29, 1.82) is 0 Å². The van der Waals surface area contributed by atoms with Crippen LogP contribution in [0.4, 0.5) is 13.2 Å². The van der Waals surface area contributed by atoms with Gasteiger partial charge in [0.15, 0.2) is 0 Å². The van der Waals surface area contributed by atoms with Gasteiger partial charge in [0.05, 0.1) is 5.56 Å². The number of hydrogen-bond acceptors (Lipinski definition) is 2. The number of aliphatic carboxylic acids is 1. The Labute approximate surface area is 130 Å². The summed E-state index contributed by atoms with van der Waals surface area (Å²) in [6.07, 6.45) is -0.699. The number of benzene rings is 1. The summed E-state index contributed by atoms with van der Waals surface area (Å²) in [5, 5.41) is 8.63. The van der Waals surface area contributed by atoms with Crippen LogP contribution in [0, 0.1) is 6.92 Å². The Bertz CT molecular complexity index is 750. The third-order valence-electron chi connectivity index (χ3n) is 3.03. The molecule has 0 aliphatic carbocycles. The van der Waals surface area contributed by atoms with E-state index in [0.29, 0.717) is 22.7 Å². The highest BCUT2D eigenvalue weighted by molar-refractivity contribution is 5.83. The first-order valence-electron chi connectivity index (χ1n) is 6.63. The largest absolute Gasteiger partial charge is 0.478 e. The SMILES string of the molecule is Cc1ccc(/C(=C/C=C/C(=O)O)c2ccc(C(F)(F)F)cc2)o1. The van der Waals surface area contributed by atoms with Gasteiger partial charge >= 0.3 is 12.1 Å². The van der Waals surface area contributed by atoms with E-state index >= 15 is 0 Å². The van der Waals surface area contributed by atoms with Crippen molar-refractivity contribution in [3.8, 4) is 0 Å². The zero-order chi connectivity index (χ0) is 17.0. The first-order valence-corrected chi connectivity index (χ1v) is 6.63. The standard InChI is InChI=1S/C17H13F3O3/c1-11-5-10-15(23-11)14(3-2-4-16(21)22)12-6-8-13(9-7-12)17(18,19)20/h2-10H,1H3,(H,21,22)/b4-2+,14-3+. The molecule has 0 saturated carbocycles.